The van der Waals surface area contributed by atoms with Crippen molar-refractivity contribution >= 4 is 27.3 Å². The fourth-order valence-corrected chi connectivity index (χ4v) is 4.63. The third kappa shape index (κ3) is 5.38. The summed E-state index contributed by atoms with van der Waals surface area (Å²) in [6, 6.07) is 20.2. The highest BCUT2D eigenvalue weighted by Gasteiger charge is 2.20. The lowest BCUT2D eigenvalue weighted by molar-refractivity contribution is 0.102. The van der Waals surface area contributed by atoms with Crippen molar-refractivity contribution in [3.05, 3.63) is 102 Å². The number of carbonyl (C=O) groups is 1. The second-order valence-electron chi connectivity index (χ2n) is 7.53. The third-order valence-electron chi connectivity index (χ3n) is 4.91. The summed E-state index contributed by atoms with van der Waals surface area (Å²) >= 11 is 0. The zero-order valence-corrected chi connectivity index (χ0v) is 19.3. The van der Waals surface area contributed by atoms with Gasteiger partial charge in [0, 0.05) is 18.1 Å². The van der Waals surface area contributed by atoms with Crippen LogP contribution in [-0.4, -0.2) is 24.3 Å². The standard InChI is InChI=1S/C25H22N4O4S/c1-17-8-9-18(2)23(16-17)34(31,32)29-22-7-4-3-6-21(22)24(30)28-19-10-12-20(13-11-19)33-25-26-14-5-15-27-25/h3-16,29H,1-2H3,(H,28,30). The molecule has 0 radical (unpaired) electrons. The van der Waals surface area contributed by atoms with Gasteiger partial charge in [0.15, 0.2) is 0 Å². The smallest absolute Gasteiger partial charge is 0.321 e. The normalized spacial score (nSPS) is 11.0. The number of aryl methyl sites for hydroxylation is 2. The van der Waals surface area contributed by atoms with E-state index in [2.05, 4.69) is 20.0 Å². The number of sulfonamides is 1. The van der Waals surface area contributed by atoms with Gasteiger partial charge in [-0.2, -0.15) is 0 Å². The van der Waals surface area contributed by atoms with Crippen LogP contribution < -0.4 is 14.8 Å². The van der Waals surface area contributed by atoms with Crippen LogP contribution in [0, 0.1) is 13.8 Å². The van der Waals surface area contributed by atoms with Crippen LogP contribution >= 0.6 is 0 Å². The molecule has 0 bridgehead atoms. The van der Waals surface area contributed by atoms with E-state index in [9.17, 15) is 13.2 Å². The number of amides is 1. The lowest BCUT2D eigenvalue weighted by atomic mass is 10.1. The number of nitrogens with one attached hydrogen (secondary N) is 2. The highest BCUT2D eigenvalue weighted by Crippen LogP contribution is 2.25. The van der Waals surface area contributed by atoms with Gasteiger partial charge in [0.05, 0.1) is 16.1 Å². The Morgan fingerprint density at radius 3 is 2.32 bits per heavy atom. The number of carbonyl (C=O) groups excluding carboxylic acids is 1. The van der Waals surface area contributed by atoms with Gasteiger partial charge in [-0.1, -0.05) is 24.3 Å². The molecule has 0 aliphatic carbocycles. The molecule has 0 aliphatic rings. The lowest BCUT2D eigenvalue weighted by Crippen LogP contribution is -2.19. The topological polar surface area (TPSA) is 110 Å². The van der Waals surface area contributed by atoms with Gasteiger partial charge in [0.2, 0.25) is 0 Å². The average molecular weight is 475 g/mol. The fourth-order valence-electron chi connectivity index (χ4n) is 3.21. The lowest BCUT2D eigenvalue weighted by Gasteiger charge is -2.14. The molecule has 0 aliphatic heterocycles. The Kier molecular flexibility index (Phi) is 6.55. The van der Waals surface area contributed by atoms with Crippen molar-refractivity contribution in [2.75, 3.05) is 10.0 Å². The van der Waals surface area contributed by atoms with Crippen molar-refractivity contribution in [3.8, 4) is 11.8 Å². The summed E-state index contributed by atoms with van der Waals surface area (Å²) in [6.45, 7) is 3.55. The van der Waals surface area contributed by atoms with E-state index in [1.165, 1.54) is 0 Å². The first-order valence-corrected chi connectivity index (χ1v) is 11.9. The molecule has 0 fully saturated rings. The molecule has 34 heavy (non-hydrogen) atoms. The molecule has 3 aromatic carbocycles. The van der Waals surface area contributed by atoms with Crippen LogP contribution in [0.1, 0.15) is 21.5 Å². The summed E-state index contributed by atoms with van der Waals surface area (Å²) in [5.41, 5.74) is 2.32. The Morgan fingerprint density at radius 2 is 1.59 bits per heavy atom. The third-order valence-corrected chi connectivity index (χ3v) is 6.42. The van der Waals surface area contributed by atoms with Crippen molar-refractivity contribution < 1.29 is 17.9 Å². The minimum absolute atomic E-state index is 0.167. The number of hydrogen-bond acceptors (Lipinski definition) is 6. The molecule has 4 rings (SSSR count). The Bertz CT molecular complexity index is 1420. The van der Waals surface area contributed by atoms with Gasteiger partial charge >= 0.3 is 6.01 Å². The summed E-state index contributed by atoms with van der Waals surface area (Å²) in [5.74, 6) is 0.0465. The molecule has 1 heterocycles. The van der Waals surface area contributed by atoms with Crippen LogP contribution in [0.2, 0.25) is 0 Å². The molecule has 1 amide bonds. The fraction of sp³-hybridized carbons (Fsp3) is 0.0800. The molecule has 0 saturated carbocycles. The van der Waals surface area contributed by atoms with Crippen molar-refractivity contribution in [2.24, 2.45) is 0 Å². The first-order valence-electron chi connectivity index (χ1n) is 10.4. The van der Waals surface area contributed by atoms with Crippen molar-refractivity contribution in [1.82, 2.24) is 9.97 Å². The minimum Gasteiger partial charge on any atom is -0.424 e. The van der Waals surface area contributed by atoms with E-state index < -0.39 is 15.9 Å². The van der Waals surface area contributed by atoms with Gasteiger partial charge in [-0.15, -0.1) is 0 Å². The molecule has 8 nitrogen and oxygen atoms in total. The number of benzene rings is 3. The van der Waals surface area contributed by atoms with Crippen LogP contribution in [0.3, 0.4) is 0 Å². The summed E-state index contributed by atoms with van der Waals surface area (Å²) in [5, 5.41) is 2.78. The maximum atomic E-state index is 13.0. The number of hydrogen-bond donors (Lipinski definition) is 2. The summed E-state index contributed by atoms with van der Waals surface area (Å²) in [4.78, 5) is 21.1. The molecular formula is C25H22N4O4S. The number of para-hydroxylation sites is 1. The van der Waals surface area contributed by atoms with Gasteiger partial charge in [-0.25, -0.2) is 18.4 Å². The molecule has 1 aromatic heterocycles. The van der Waals surface area contributed by atoms with E-state index >= 15 is 0 Å². The summed E-state index contributed by atoms with van der Waals surface area (Å²) in [6.07, 6.45) is 3.14. The Labute approximate surface area is 197 Å². The van der Waals surface area contributed by atoms with E-state index in [0.29, 0.717) is 17.0 Å². The van der Waals surface area contributed by atoms with E-state index in [0.717, 1.165) is 5.56 Å². The first kappa shape index (κ1) is 22.9. The summed E-state index contributed by atoms with van der Waals surface area (Å²) in [7, 11) is -3.89. The Hall–Kier alpha value is -4.24. The van der Waals surface area contributed by atoms with Crippen molar-refractivity contribution in [1.29, 1.82) is 0 Å². The molecule has 0 unspecified atom stereocenters. The summed E-state index contributed by atoms with van der Waals surface area (Å²) < 4.78 is 34.2. The average Bonchev–Trinajstić information content (AvgIpc) is 2.82. The largest absolute Gasteiger partial charge is 0.424 e. The predicted molar refractivity (Wildman–Crippen MR) is 130 cm³/mol. The Balaban J connectivity index is 1.51. The van der Waals surface area contributed by atoms with Crippen molar-refractivity contribution in [2.45, 2.75) is 18.7 Å². The highest BCUT2D eigenvalue weighted by molar-refractivity contribution is 7.92. The van der Waals surface area contributed by atoms with Gasteiger partial charge < -0.3 is 10.1 Å². The number of nitrogens with zero attached hydrogens (tertiary/aromatic N) is 2. The molecular weight excluding hydrogens is 452 g/mol. The zero-order chi connectivity index (χ0) is 24.1. The molecule has 0 atom stereocenters. The number of anilines is 2. The van der Waals surface area contributed by atoms with Gasteiger partial charge in [-0.05, 0) is 73.5 Å². The second kappa shape index (κ2) is 9.72. The Morgan fingerprint density at radius 1 is 0.882 bits per heavy atom. The van der Waals surface area contributed by atoms with E-state index in [-0.39, 0.29) is 22.2 Å². The van der Waals surface area contributed by atoms with Crippen LogP contribution in [0.15, 0.2) is 90.1 Å². The first-order chi connectivity index (χ1) is 16.3. The van der Waals surface area contributed by atoms with Crippen LogP contribution in [0.25, 0.3) is 0 Å². The molecule has 4 aromatic rings. The monoisotopic (exact) mass is 474 g/mol. The predicted octanol–water partition coefficient (Wildman–Crippen LogP) is 4.94. The van der Waals surface area contributed by atoms with E-state index in [1.807, 2.05) is 13.0 Å². The van der Waals surface area contributed by atoms with Crippen molar-refractivity contribution in [3.63, 3.8) is 0 Å². The van der Waals surface area contributed by atoms with E-state index in [1.54, 1.807) is 86.0 Å². The van der Waals surface area contributed by atoms with Gasteiger partial charge in [0.1, 0.15) is 5.75 Å². The number of ether oxygens (including phenoxy) is 1. The molecule has 0 saturated heterocycles. The maximum absolute atomic E-state index is 13.0. The molecule has 172 valence electrons. The minimum atomic E-state index is -3.89. The van der Waals surface area contributed by atoms with Gasteiger partial charge in [0.25, 0.3) is 15.9 Å². The zero-order valence-electron chi connectivity index (χ0n) is 18.5. The quantitative estimate of drug-likeness (QED) is 0.393. The second-order valence-corrected chi connectivity index (χ2v) is 9.18. The number of aromatic nitrogens is 2. The van der Waals surface area contributed by atoms with Crippen LogP contribution in [0.5, 0.6) is 11.8 Å². The van der Waals surface area contributed by atoms with Gasteiger partial charge in [-0.3, -0.25) is 9.52 Å². The van der Waals surface area contributed by atoms with E-state index in [4.69, 9.17) is 4.74 Å². The molecule has 0 spiro atoms. The van der Waals surface area contributed by atoms with Crippen LogP contribution in [-0.2, 0) is 10.0 Å². The number of rotatable bonds is 7. The molecule has 9 heteroatoms. The molecule has 2 N–H and O–H groups in total. The highest BCUT2D eigenvalue weighted by atomic mass is 32.2. The SMILES string of the molecule is Cc1ccc(C)c(S(=O)(=O)Nc2ccccc2C(=O)Nc2ccc(Oc3ncccn3)cc2)c1. The van der Waals surface area contributed by atoms with Crippen LogP contribution in [0.4, 0.5) is 11.4 Å². The maximum Gasteiger partial charge on any atom is 0.321 e.